The maximum atomic E-state index is 13.7. The molecule has 1 aliphatic heterocycles. The van der Waals surface area contributed by atoms with Gasteiger partial charge in [-0.05, 0) is 37.8 Å². The fraction of sp³-hybridized carbons (Fsp3) is 0.541. The number of H-pyrrole nitrogens is 1. The Morgan fingerprint density at radius 3 is 1.93 bits per heavy atom. The van der Waals surface area contributed by atoms with E-state index in [0.29, 0.717) is 16.5 Å². The van der Waals surface area contributed by atoms with Crippen LogP contribution in [0.4, 0.5) is 0 Å². The molecule has 2 heterocycles. The number of nitrogens with one attached hydrogen (secondary N) is 7. The average molecular weight is 847 g/mol. The summed E-state index contributed by atoms with van der Waals surface area (Å²) in [5.41, 5.74) is 12.2. The van der Waals surface area contributed by atoms with Crippen LogP contribution in [0.2, 0.25) is 0 Å². The molecule has 2 aromatic rings. The first-order chi connectivity index (χ1) is 28.2. The monoisotopic (exact) mass is 846 g/mol. The maximum Gasteiger partial charge on any atom is 0.328 e. The fourth-order valence-corrected chi connectivity index (χ4v) is 6.38. The molecule has 9 atom stereocenters. The summed E-state index contributed by atoms with van der Waals surface area (Å²) >= 11 is 0. The third kappa shape index (κ3) is 12.7. The minimum absolute atomic E-state index is 0.0349. The Hall–Kier alpha value is -6.17. The third-order valence-corrected chi connectivity index (χ3v) is 9.69. The van der Waals surface area contributed by atoms with E-state index in [1.807, 2.05) is 0 Å². The van der Waals surface area contributed by atoms with Crippen molar-refractivity contribution < 1.29 is 63.6 Å². The van der Waals surface area contributed by atoms with Gasteiger partial charge in [0.2, 0.25) is 47.3 Å². The fourth-order valence-electron chi connectivity index (χ4n) is 6.38. The number of hydrogen-bond donors (Lipinski definition) is 13. The lowest BCUT2D eigenvalue weighted by Gasteiger charge is -2.28. The van der Waals surface area contributed by atoms with Gasteiger partial charge in [-0.3, -0.25) is 38.4 Å². The van der Waals surface area contributed by atoms with Gasteiger partial charge in [0.15, 0.2) is 0 Å². The molecule has 330 valence electrons. The second-order valence-electron chi connectivity index (χ2n) is 14.8. The summed E-state index contributed by atoms with van der Waals surface area (Å²) < 4.78 is 0. The quantitative estimate of drug-likeness (QED) is 0.0558. The number of nitrogens with zero attached hydrogens (tertiary/aromatic N) is 1. The van der Waals surface area contributed by atoms with E-state index >= 15 is 0 Å². The van der Waals surface area contributed by atoms with Gasteiger partial charge in [-0.2, -0.15) is 0 Å². The van der Waals surface area contributed by atoms with Gasteiger partial charge >= 0.3 is 5.97 Å². The predicted octanol–water partition coefficient (Wildman–Crippen LogP) is -5.45. The lowest BCUT2D eigenvalue weighted by Crippen LogP contribution is -2.61. The highest BCUT2D eigenvalue weighted by atomic mass is 16.4. The number of carbonyl (C=O) groups is 9. The minimum Gasteiger partial charge on any atom is -0.480 e. The van der Waals surface area contributed by atoms with Gasteiger partial charge in [0.1, 0.15) is 42.3 Å². The SMILES string of the molecule is CC(C)[C@H](NC(=O)[C@H](CO)NC(=O)[C@H](CC(N)=O)NC(=O)[C@H](C)NC(=O)[C@@H]1[C@@H](O)CCN1C(=O)[C@H](C)N)C(=O)N[C@H](Cc1c[nH]c2ccccc12)C(=O)N[C@@H](CO)C(=O)O. The third-order valence-electron chi connectivity index (χ3n) is 9.69. The van der Waals surface area contributed by atoms with Crippen LogP contribution in [0.1, 0.15) is 46.1 Å². The molecule has 0 radical (unpaired) electrons. The molecule has 3 rings (SSSR count). The number of aliphatic hydroxyl groups is 3. The van der Waals surface area contributed by atoms with E-state index in [-0.39, 0.29) is 19.4 Å². The Kier molecular flexibility index (Phi) is 17.5. The highest BCUT2D eigenvalue weighted by molar-refractivity contribution is 5.99. The molecule has 1 fully saturated rings. The van der Waals surface area contributed by atoms with E-state index in [1.165, 1.54) is 27.7 Å². The van der Waals surface area contributed by atoms with Gasteiger partial charge in [-0.25, -0.2) is 4.79 Å². The van der Waals surface area contributed by atoms with E-state index in [2.05, 4.69) is 36.9 Å². The highest BCUT2D eigenvalue weighted by Gasteiger charge is 2.43. The summed E-state index contributed by atoms with van der Waals surface area (Å²) in [5, 5.41) is 53.9. The number of nitrogens with two attached hydrogens (primary N) is 2. The van der Waals surface area contributed by atoms with Gasteiger partial charge < -0.3 is 73.7 Å². The lowest BCUT2D eigenvalue weighted by atomic mass is 10.00. The molecule has 8 amide bonds. The van der Waals surface area contributed by atoms with Crippen LogP contribution in [0.15, 0.2) is 30.5 Å². The Bertz CT molecular complexity index is 1920. The number of fused-ring (bicyclic) bond motifs is 1. The molecule has 23 nitrogen and oxygen atoms in total. The lowest BCUT2D eigenvalue weighted by molar-refractivity contribution is -0.143. The summed E-state index contributed by atoms with van der Waals surface area (Å²) in [4.78, 5) is 120. The number of aliphatic hydroxyl groups excluding tert-OH is 3. The second-order valence-corrected chi connectivity index (χ2v) is 14.8. The molecule has 0 unspecified atom stereocenters. The number of para-hydroxylation sites is 1. The first kappa shape index (κ1) is 48.2. The van der Waals surface area contributed by atoms with Gasteiger partial charge in [0, 0.05) is 30.1 Å². The van der Waals surface area contributed by atoms with Crippen LogP contribution in [-0.4, -0.2) is 158 Å². The zero-order valence-electron chi connectivity index (χ0n) is 33.5. The van der Waals surface area contributed by atoms with Crippen molar-refractivity contribution in [2.24, 2.45) is 17.4 Å². The number of carboxylic acid groups (broad SMARTS) is 1. The zero-order valence-corrected chi connectivity index (χ0v) is 33.5. The molecular weight excluding hydrogens is 792 g/mol. The molecule has 1 aromatic heterocycles. The number of aromatic nitrogens is 1. The van der Waals surface area contributed by atoms with Crippen molar-refractivity contribution in [3.63, 3.8) is 0 Å². The predicted molar refractivity (Wildman–Crippen MR) is 209 cm³/mol. The van der Waals surface area contributed by atoms with Crippen LogP contribution in [0.25, 0.3) is 10.9 Å². The Balaban J connectivity index is 1.73. The molecule has 0 bridgehead atoms. The number of aliphatic carboxylic acids is 1. The number of carbonyl (C=O) groups excluding carboxylic acids is 8. The Morgan fingerprint density at radius 1 is 0.783 bits per heavy atom. The zero-order chi connectivity index (χ0) is 45.0. The number of carboxylic acids is 1. The van der Waals surface area contributed by atoms with E-state index in [0.717, 1.165) is 4.90 Å². The van der Waals surface area contributed by atoms with Crippen LogP contribution >= 0.6 is 0 Å². The van der Waals surface area contributed by atoms with E-state index in [1.54, 1.807) is 30.5 Å². The number of benzene rings is 1. The van der Waals surface area contributed by atoms with Crippen molar-refractivity contribution in [2.75, 3.05) is 19.8 Å². The number of primary amides is 1. The molecule has 1 saturated heterocycles. The number of aromatic amines is 1. The van der Waals surface area contributed by atoms with E-state index in [9.17, 15) is 63.6 Å². The summed E-state index contributed by atoms with van der Waals surface area (Å²) in [5.74, 6) is -9.94. The van der Waals surface area contributed by atoms with Gasteiger partial charge in [0.05, 0.1) is 31.8 Å². The van der Waals surface area contributed by atoms with E-state index < -0.39 is 133 Å². The van der Waals surface area contributed by atoms with Gasteiger partial charge in [0.25, 0.3) is 0 Å². The van der Waals surface area contributed by atoms with Crippen LogP contribution < -0.4 is 43.4 Å². The van der Waals surface area contributed by atoms with Crippen LogP contribution in [-0.2, 0) is 49.6 Å². The molecule has 0 spiro atoms. The van der Waals surface area contributed by atoms with Crippen LogP contribution in [0.3, 0.4) is 0 Å². The summed E-state index contributed by atoms with van der Waals surface area (Å²) in [6.07, 6.45) is -0.539. The Morgan fingerprint density at radius 2 is 1.35 bits per heavy atom. The summed E-state index contributed by atoms with van der Waals surface area (Å²) in [7, 11) is 0. The summed E-state index contributed by atoms with van der Waals surface area (Å²) in [6, 6.07) is -4.75. The summed E-state index contributed by atoms with van der Waals surface area (Å²) in [6.45, 7) is 3.75. The van der Waals surface area contributed by atoms with Crippen molar-refractivity contribution in [1.29, 1.82) is 0 Å². The van der Waals surface area contributed by atoms with Crippen molar-refractivity contribution >= 4 is 64.1 Å². The van der Waals surface area contributed by atoms with E-state index in [4.69, 9.17) is 11.5 Å². The first-order valence-corrected chi connectivity index (χ1v) is 19.0. The number of amides is 8. The largest absolute Gasteiger partial charge is 0.480 e. The van der Waals surface area contributed by atoms with Gasteiger partial charge in [-0.15, -0.1) is 0 Å². The van der Waals surface area contributed by atoms with Crippen molar-refractivity contribution in [2.45, 2.75) is 101 Å². The standard InChI is InChI=1S/C37H54N10O13/c1-16(2)28(34(56)43-22(31(53)45-25(15-49)37(59)60)11-19-13-40-21-8-6-5-7-20(19)21)46-33(55)24(14-48)44-32(54)23(12-27(39)51)42-30(52)18(4)41-35(57)29-26(50)9-10-47(29)36(58)17(3)38/h5-8,13,16-18,22-26,28-29,40,48-50H,9-12,14-15,38H2,1-4H3,(H2,39,51)(H,41,57)(H,42,52)(H,43,56)(H,44,54)(H,45,53)(H,46,55)(H,59,60)/t17-,18-,22+,23-,24-,25-,26-,28-,29-/m0/s1. The highest BCUT2D eigenvalue weighted by Crippen LogP contribution is 2.21. The maximum absolute atomic E-state index is 13.7. The molecule has 23 heteroatoms. The second kappa shape index (κ2) is 21.7. The molecule has 0 saturated carbocycles. The topological polar surface area (TPSA) is 378 Å². The first-order valence-electron chi connectivity index (χ1n) is 19.0. The minimum atomic E-state index is -1.78. The normalized spacial score (nSPS) is 18.5. The van der Waals surface area contributed by atoms with Crippen LogP contribution in [0.5, 0.6) is 0 Å². The van der Waals surface area contributed by atoms with Crippen molar-refractivity contribution in [1.82, 2.24) is 41.8 Å². The average Bonchev–Trinajstić information content (AvgIpc) is 3.78. The smallest absolute Gasteiger partial charge is 0.328 e. The van der Waals surface area contributed by atoms with Gasteiger partial charge in [-0.1, -0.05) is 32.0 Å². The number of hydrogen-bond acceptors (Lipinski definition) is 13. The number of rotatable bonds is 21. The van der Waals surface area contributed by atoms with Crippen molar-refractivity contribution in [3.05, 3.63) is 36.0 Å². The molecular formula is C37H54N10O13. The van der Waals surface area contributed by atoms with Crippen LogP contribution in [0, 0.1) is 5.92 Å². The van der Waals surface area contributed by atoms with Crippen molar-refractivity contribution in [3.8, 4) is 0 Å². The Labute approximate surface area is 343 Å². The number of likely N-dealkylation sites (tertiary alicyclic amines) is 1. The molecule has 60 heavy (non-hydrogen) atoms. The molecule has 0 aliphatic carbocycles. The molecule has 1 aromatic carbocycles. The molecule has 15 N–H and O–H groups in total. The molecule has 1 aliphatic rings.